The van der Waals surface area contributed by atoms with Gasteiger partial charge < -0.3 is 5.32 Å². The second-order valence-electron chi connectivity index (χ2n) is 5.09. The summed E-state index contributed by atoms with van der Waals surface area (Å²) < 4.78 is 0. The standard InChI is InChI=1S/C14H18ClN/c15-13-3-1-2-12-11(13)6-7-14(12)16-9-8-10-4-5-10/h1-3,10,14,16H,4-9H2. The molecule has 1 atom stereocenters. The van der Waals surface area contributed by atoms with Crippen LogP contribution in [-0.4, -0.2) is 6.54 Å². The van der Waals surface area contributed by atoms with Crippen molar-refractivity contribution in [2.24, 2.45) is 5.92 Å². The van der Waals surface area contributed by atoms with Crippen LogP contribution in [0.15, 0.2) is 18.2 Å². The Hall–Kier alpha value is -0.530. The average molecular weight is 236 g/mol. The highest BCUT2D eigenvalue weighted by Crippen LogP contribution is 2.36. The number of hydrogen-bond acceptors (Lipinski definition) is 1. The number of rotatable bonds is 4. The maximum Gasteiger partial charge on any atom is 0.0441 e. The monoisotopic (exact) mass is 235 g/mol. The lowest BCUT2D eigenvalue weighted by atomic mass is 10.1. The molecule has 0 radical (unpaired) electrons. The van der Waals surface area contributed by atoms with Gasteiger partial charge in [-0.05, 0) is 48.9 Å². The lowest BCUT2D eigenvalue weighted by Gasteiger charge is -2.13. The van der Waals surface area contributed by atoms with E-state index in [4.69, 9.17) is 11.6 Å². The Balaban J connectivity index is 1.63. The molecule has 0 heterocycles. The van der Waals surface area contributed by atoms with Gasteiger partial charge in [-0.1, -0.05) is 36.6 Å². The molecule has 3 rings (SSSR count). The van der Waals surface area contributed by atoms with Crippen molar-refractivity contribution in [3.8, 4) is 0 Å². The summed E-state index contributed by atoms with van der Waals surface area (Å²) in [7, 11) is 0. The quantitative estimate of drug-likeness (QED) is 0.839. The van der Waals surface area contributed by atoms with Crippen molar-refractivity contribution in [1.29, 1.82) is 0 Å². The largest absolute Gasteiger partial charge is 0.310 e. The van der Waals surface area contributed by atoms with Gasteiger partial charge in [-0.25, -0.2) is 0 Å². The molecule has 86 valence electrons. The van der Waals surface area contributed by atoms with E-state index in [2.05, 4.69) is 17.4 Å². The van der Waals surface area contributed by atoms with Crippen molar-refractivity contribution in [3.05, 3.63) is 34.3 Å². The van der Waals surface area contributed by atoms with E-state index in [0.717, 1.165) is 17.4 Å². The average Bonchev–Trinajstić information content (AvgIpc) is 3.00. The van der Waals surface area contributed by atoms with Crippen LogP contribution in [0.4, 0.5) is 0 Å². The minimum Gasteiger partial charge on any atom is -0.310 e. The fourth-order valence-corrected chi connectivity index (χ4v) is 2.97. The molecule has 1 fully saturated rings. The molecule has 1 aromatic carbocycles. The molecule has 0 amide bonds. The predicted molar refractivity (Wildman–Crippen MR) is 67.9 cm³/mol. The third-order valence-electron chi connectivity index (χ3n) is 3.85. The van der Waals surface area contributed by atoms with Gasteiger partial charge in [0, 0.05) is 11.1 Å². The van der Waals surface area contributed by atoms with Crippen LogP contribution in [0, 0.1) is 5.92 Å². The molecule has 1 saturated carbocycles. The van der Waals surface area contributed by atoms with Crippen molar-refractivity contribution in [2.45, 2.75) is 38.1 Å². The highest BCUT2D eigenvalue weighted by Gasteiger charge is 2.25. The Labute approximate surface area is 102 Å². The summed E-state index contributed by atoms with van der Waals surface area (Å²) in [4.78, 5) is 0. The molecule has 0 aromatic heterocycles. The maximum atomic E-state index is 6.20. The van der Waals surface area contributed by atoms with Gasteiger partial charge in [0.05, 0.1) is 0 Å². The van der Waals surface area contributed by atoms with Crippen LogP contribution in [0.1, 0.15) is 42.9 Å². The molecule has 0 bridgehead atoms. The van der Waals surface area contributed by atoms with Crippen molar-refractivity contribution in [1.82, 2.24) is 5.32 Å². The zero-order valence-electron chi connectivity index (χ0n) is 9.51. The van der Waals surface area contributed by atoms with E-state index in [-0.39, 0.29) is 0 Å². The lowest BCUT2D eigenvalue weighted by Crippen LogP contribution is -2.20. The third-order valence-corrected chi connectivity index (χ3v) is 4.21. The fraction of sp³-hybridized carbons (Fsp3) is 0.571. The Bertz CT molecular complexity index is 384. The van der Waals surface area contributed by atoms with E-state index in [9.17, 15) is 0 Å². The number of fused-ring (bicyclic) bond motifs is 1. The molecule has 2 aliphatic rings. The normalized spacial score (nSPS) is 23.4. The molecule has 2 heteroatoms. The third kappa shape index (κ3) is 2.11. The zero-order valence-corrected chi connectivity index (χ0v) is 10.3. The van der Waals surface area contributed by atoms with Gasteiger partial charge in [-0.3, -0.25) is 0 Å². The van der Waals surface area contributed by atoms with Crippen molar-refractivity contribution in [3.63, 3.8) is 0 Å². The van der Waals surface area contributed by atoms with E-state index in [1.807, 2.05) is 6.07 Å². The first-order valence-corrected chi connectivity index (χ1v) is 6.73. The molecule has 0 aliphatic heterocycles. The Kier molecular flexibility index (Phi) is 2.91. The first-order chi connectivity index (χ1) is 7.84. The number of halogens is 1. The van der Waals surface area contributed by atoms with Crippen LogP contribution in [0.2, 0.25) is 5.02 Å². The molecular formula is C14H18ClN. The Morgan fingerprint density at radius 1 is 1.25 bits per heavy atom. The van der Waals surface area contributed by atoms with Crippen LogP contribution >= 0.6 is 11.6 Å². The predicted octanol–water partition coefficient (Wildman–Crippen LogP) is 3.72. The minimum atomic E-state index is 0.549. The summed E-state index contributed by atoms with van der Waals surface area (Å²) in [6.07, 6.45) is 6.61. The molecule has 0 saturated heterocycles. The van der Waals surface area contributed by atoms with E-state index < -0.39 is 0 Å². The van der Waals surface area contributed by atoms with Gasteiger partial charge in [0.25, 0.3) is 0 Å². The van der Waals surface area contributed by atoms with Crippen LogP contribution < -0.4 is 5.32 Å². The van der Waals surface area contributed by atoms with E-state index in [1.54, 1.807) is 0 Å². The fourth-order valence-electron chi connectivity index (χ4n) is 2.69. The van der Waals surface area contributed by atoms with E-state index >= 15 is 0 Å². The van der Waals surface area contributed by atoms with Crippen molar-refractivity contribution in [2.75, 3.05) is 6.54 Å². The first-order valence-electron chi connectivity index (χ1n) is 6.35. The number of hydrogen-bond donors (Lipinski definition) is 1. The van der Waals surface area contributed by atoms with Gasteiger partial charge in [0.2, 0.25) is 0 Å². The lowest BCUT2D eigenvalue weighted by molar-refractivity contribution is 0.507. The van der Waals surface area contributed by atoms with E-state index in [0.29, 0.717) is 6.04 Å². The number of benzene rings is 1. The minimum absolute atomic E-state index is 0.549. The summed E-state index contributed by atoms with van der Waals surface area (Å²) in [5.74, 6) is 1.02. The maximum absolute atomic E-state index is 6.20. The van der Waals surface area contributed by atoms with E-state index in [1.165, 1.54) is 43.4 Å². The summed E-state index contributed by atoms with van der Waals surface area (Å²) in [6.45, 7) is 1.17. The Morgan fingerprint density at radius 2 is 2.12 bits per heavy atom. The first kappa shape index (κ1) is 10.6. The van der Waals surface area contributed by atoms with Crippen molar-refractivity contribution >= 4 is 11.6 Å². The second-order valence-corrected chi connectivity index (χ2v) is 5.49. The van der Waals surface area contributed by atoms with Gasteiger partial charge >= 0.3 is 0 Å². The molecule has 2 aliphatic carbocycles. The van der Waals surface area contributed by atoms with Crippen molar-refractivity contribution < 1.29 is 0 Å². The molecule has 1 N–H and O–H groups in total. The molecule has 1 aromatic rings. The summed E-state index contributed by atoms with van der Waals surface area (Å²) >= 11 is 6.20. The van der Waals surface area contributed by atoms with Gasteiger partial charge in [-0.15, -0.1) is 0 Å². The molecule has 1 unspecified atom stereocenters. The van der Waals surface area contributed by atoms with Crippen LogP contribution in [-0.2, 0) is 6.42 Å². The highest BCUT2D eigenvalue weighted by atomic mass is 35.5. The van der Waals surface area contributed by atoms with Gasteiger partial charge in [0.15, 0.2) is 0 Å². The molecule has 16 heavy (non-hydrogen) atoms. The van der Waals surface area contributed by atoms with Gasteiger partial charge in [0.1, 0.15) is 0 Å². The van der Waals surface area contributed by atoms with Crippen LogP contribution in [0.5, 0.6) is 0 Å². The number of nitrogens with one attached hydrogen (secondary N) is 1. The van der Waals surface area contributed by atoms with Crippen LogP contribution in [0.3, 0.4) is 0 Å². The summed E-state index contributed by atoms with van der Waals surface area (Å²) in [5, 5.41) is 4.63. The topological polar surface area (TPSA) is 12.0 Å². The SMILES string of the molecule is Clc1cccc2c1CCC2NCCC1CC1. The summed E-state index contributed by atoms with van der Waals surface area (Å²) in [6, 6.07) is 6.85. The highest BCUT2D eigenvalue weighted by molar-refractivity contribution is 6.31. The zero-order chi connectivity index (χ0) is 11.0. The molecular weight excluding hydrogens is 218 g/mol. The van der Waals surface area contributed by atoms with Gasteiger partial charge in [-0.2, -0.15) is 0 Å². The smallest absolute Gasteiger partial charge is 0.0441 e. The molecule has 0 spiro atoms. The summed E-state index contributed by atoms with van der Waals surface area (Å²) in [5.41, 5.74) is 2.80. The molecule has 1 nitrogen and oxygen atoms in total. The second kappa shape index (κ2) is 4.38. The van der Waals surface area contributed by atoms with Crippen LogP contribution in [0.25, 0.3) is 0 Å². The Morgan fingerprint density at radius 3 is 2.94 bits per heavy atom.